The van der Waals surface area contributed by atoms with E-state index in [1.54, 1.807) is 11.6 Å². The third-order valence-corrected chi connectivity index (χ3v) is 3.39. The standard InChI is InChI=1S/C13H11N3OS/c17-13(12-8-18-16-15-12)7-9-5-6-14-11-4-2-1-3-10(9)11/h1-6,8,13,17H,7H2. The highest BCUT2D eigenvalue weighted by atomic mass is 32.1. The molecule has 0 fully saturated rings. The summed E-state index contributed by atoms with van der Waals surface area (Å²) in [6.45, 7) is 0. The molecule has 0 saturated heterocycles. The summed E-state index contributed by atoms with van der Waals surface area (Å²) in [5, 5.41) is 16.8. The Balaban J connectivity index is 1.95. The van der Waals surface area contributed by atoms with E-state index in [1.165, 1.54) is 11.5 Å². The van der Waals surface area contributed by atoms with Crippen molar-refractivity contribution >= 4 is 22.4 Å². The van der Waals surface area contributed by atoms with Crippen molar-refractivity contribution in [3.05, 3.63) is 53.2 Å². The van der Waals surface area contributed by atoms with Gasteiger partial charge < -0.3 is 5.11 Å². The number of rotatable bonds is 3. The SMILES string of the molecule is OC(Cc1ccnc2ccccc12)c1csnn1. The highest BCUT2D eigenvalue weighted by molar-refractivity contribution is 7.03. The summed E-state index contributed by atoms with van der Waals surface area (Å²) in [7, 11) is 0. The molecule has 0 aliphatic rings. The van der Waals surface area contributed by atoms with Gasteiger partial charge in [-0.05, 0) is 29.2 Å². The Morgan fingerprint density at radius 2 is 2.11 bits per heavy atom. The molecule has 3 aromatic rings. The van der Waals surface area contributed by atoms with Crippen LogP contribution >= 0.6 is 11.5 Å². The molecular weight excluding hydrogens is 246 g/mol. The molecule has 2 aromatic heterocycles. The van der Waals surface area contributed by atoms with Crippen LogP contribution < -0.4 is 0 Å². The van der Waals surface area contributed by atoms with Crippen LogP contribution in [0.1, 0.15) is 17.4 Å². The van der Waals surface area contributed by atoms with Gasteiger partial charge >= 0.3 is 0 Å². The molecule has 18 heavy (non-hydrogen) atoms. The Morgan fingerprint density at radius 1 is 1.22 bits per heavy atom. The molecule has 1 N–H and O–H groups in total. The first kappa shape index (κ1) is 11.3. The fourth-order valence-electron chi connectivity index (χ4n) is 1.96. The van der Waals surface area contributed by atoms with Gasteiger partial charge in [0.25, 0.3) is 0 Å². The summed E-state index contributed by atoms with van der Waals surface area (Å²) in [5.41, 5.74) is 2.64. The maximum atomic E-state index is 10.1. The van der Waals surface area contributed by atoms with Gasteiger partial charge in [-0.1, -0.05) is 22.7 Å². The van der Waals surface area contributed by atoms with E-state index in [4.69, 9.17) is 0 Å². The van der Waals surface area contributed by atoms with Crippen LogP contribution in [0.25, 0.3) is 10.9 Å². The largest absolute Gasteiger partial charge is 0.386 e. The van der Waals surface area contributed by atoms with E-state index in [1.807, 2.05) is 30.3 Å². The van der Waals surface area contributed by atoms with E-state index in [2.05, 4.69) is 14.6 Å². The van der Waals surface area contributed by atoms with Gasteiger partial charge in [0.05, 0.1) is 5.52 Å². The number of aliphatic hydroxyl groups excluding tert-OH is 1. The molecule has 2 heterocycles. The Labute approximate surface area is 108 Å². The van der Waals surface area contributed by atoms with E-state index < -0.39 is 6.10 Å². The minimum Gasteiger partial charge on any atom is -0.386 e. The third-order valence-electron chi connectivity index (χ3n) is 2.87. The molecule has 3 rings (SSSR count). The second-order valence-corrected chi connectivity index (χ2v) is 4.65. The molecule has 0 amide bonds. The quantitative estimate of drug-likeness (QED) is 0.782. The molecule has 0 radical (unpaired) electrons. The molecule has 1 aromatic carbocycles. The van der Waals surface area contributed by atoms with Gasteiger partial charge in [0, 0.05) is 23.4 Å². The zero-order valence-corrected chi connectivity index (χ0v) is 10.3. The Kier molecular flexibility index (Phi) is 3.00. The monoisotopic (exact) mass is 257 g/mol. The average molecular weight is 257 g/mol. The van der Waals surface area contributed by atoms with E-state index >= 15 is 0 Å². The van der Waals surface area contributed by atoms with Gasteiger partial charge in [0.2, 0.25) is 0 Å². The number of hydrogen-bond donors (Lipinski definition) is 1. The van der Waals surface area contributed by atoms with Gasteiger partial charge in [-0.2, -0.15) is 0 Å². The lowest BCUT2D eigenvalue weighted by atomic mass is 10.0. The van der Waals surface area contributed by atoms with Crippen LogP contribution in [-0.4, -0.2) is 19.7 Å². The molecule has 0 aliphatic heterocycles. The summed E-state index contributed by atoms with van der Waals surface area (Å²) < 4.78 is 3.77. The lowest BCUT2D eigenvalue weighted by Gasteiger charge is -2.09. The molecule has 1 atom stereocenters. The summed E-state index contributed by atoms with van der Waals surface area (Å²) in [5.74, 6) is 0. The predicted octanol–water partition coefficient (Wildman–Crippen LogP) is 2.36. The van der Waals surface area contributed by atoms with Crippen molar-refractivity contribution in [1.82, 2.24) is 14.6 Å². The number of pyridine rings is 1. The van der Waals surface area contributed by atoms with Crippen LogP contribution in [0.2, 0.25) is 0 Å². The van der Waals surface area contributed by atoms with E-state index in [0.717, 1.165) is 16.5 Å². The van der Waals surface area contributed by atoms with Crippen molar-refractivity contribution in [1.29, 1.82) is 0 Å². The van der Waals surface area contributed by atoms with Crippen LogP contribution in [0.5, 0.6) is 0 Å². The number of para-hydroxylation sites is 1. The minimum absolute atomic E-state index is 0.522. The zero-order valence-electron chi connectivity index (χ0n) is 9.52. The fraction of sp³-hybridized carbons (Fsp3) is 0.154. The number of nitrogens with zero attached hydrogens (tertiary/aromatic N) is 3. The summed E-state index contributed by atoms with van der Waals surface area (Å²) >= 11 is 1.25. The highest BCUT2D eigenvalue weighted by Gasteiger charge is 2.13. The van der Waals surface area contributed by atoms with E-state index in [0.29, 0.717) is 12.1 Å². The second kappa shape index (κ2) is 4.80. The molecular formula is C13H11N3OS. The zero-order chi connectivity index (χ0) is 12.4. The van der Waals surface area contributed by atoms with Gasteiger partial charge in [0.1, 0.15) is 11.8 Å². The van der Waals surface area contributed by atoms with Gasteiger partial charge in [0.15, 0.2) is 0 Å². The van der Waals surface area contributed by atoms with Crippen molar-refractivity contribution in [2.45, 2.75) is 12.5 Å². The Hall–Kier alpha value is -1.85. The highest BCUT2D eigenvalue weighted by Crippen LogP contribution is 2.22. The smallest absolute Gasteiger partial charge is 0.104 e. The molecule has 5 heteroatoms. The Bertz CT molecular complexity index is 649. The lowest BCUT2D eigenvalue weighted by molar-refractivity contribution is 0.174. The Morgan fingerprint density at radius 3 is 2.94 bits per heavy atom. The van der Waals surface area contributed by atoms with Gasteiger partial charge in [-0.25, -0.2) is 0 Å². The molecule has 0 aliphatic carbocycles. The predicted molar refractivity (Wildman–Crippen MR) is 70.3 cm³/mol. The number of aliphatic hydroxyl groups is 1. The lowest BCUT2D eigenvalue weighted by Crippen LogP contribution is -2.03. The summed E-state index contributed by atoms with van der Waals surface area (Å²) in [6.07, 6.45) is 1.67. The van der Waals surface area contributed by atoms with Crippen molar-refractivity contribution in [3.63, 3.8) is 0 Å². The normalized spacial score (nSPS) is 12.7. The first-order valence-electron chi connectivity index (χ1n) is 5.62. The van der Waals surface area contributed by atoms with Crippen molar-refractivity contribution in [3.8, 4) is 0 Å². The number of fused-ring (bicyclic) bond motifs is 1. The topological polar surface area (TPSA) is 58.9 Å². The van der Waals surface area contributed by atoms with E-state index in [-0.39, 0.29) is 0 Å². The van der Waals surface area contributed by atoms with Gasteiger partial charge in [-0.15, -0.1) is 5.10 Å². The average Bonchev–Trinajstić information content (AvgIpc) is 2.93. The first-order valence-corrected chi connectivity index (χ1v) is 6.46. The third kappa shape index (κ3) is 2.10. The second-order valence-electron chi connectivity index (χ2n) is 4.04. The minimum atomic E-state index is -0.616. The molecule has 0 spiro atoms. The number of aromatic nitrogens is 3. The van der Waals surface area contributed by atoms with Crippen molar-refractivity contribution < 1.29 is 5.11 Å². The molecule has 1 unspecified atom stereocenters. The fourth-order valence-corrected chi connectivity index (χ4v) is 2.46. The first-order chi connectivity index (χ1) is 8.84. The molecule has 4 nitrogen and oxygen atoms in total. The molecule has 0 saturated carbocycles. The van der Waals surface area contributed by atoms with Crippen molar-refractivity contribution in [2.24, 2.45) is 0 Å². The van der Waals surface area contributed by atoms with E-state index in [9.17, 15) is 5.11 Å². The van der Waals surface area contributed by atoms with Gasteiger partial charge in [-0.3, -0.25) is 4.98 Å². The maximum absolute atomic E-state index is 10.1. The summed E-state index contributed by atoms with van der Waals surface area (Å²) in [6, 6.07) is 9.86. The van der Waals surface area contributed by atoms with Crippen molar-refractivity contribution in [2.75, 3.05) is 0 Å². The summed E-state index contributed by atoms with van der Waals surface area (Å²) in [4.78, 5) is 4.30. The van der Waals surface area contributed by atoms with Crippen LogP contribution in [0, 0.1) is 0 Å². The molecule has 0 bridgehead atoms. The number of hydrogen-bond acceptors (Lipinski definition) is 5. The molecule has 90 valence electrons. The number of benzene rings is 1. The maximum Gasteiger partial charge on any atom is 0.104 e. The van der Waals surface area contributed by atoms with Crippen LogP contribution in [0.15, 0.2) is 41.9 Å². The van der Waals surface area contributed by atoms with Crippen LogP contribution in [0.4, 0.5) is 0 Å². The van der Waals surface area contributed by atoms with Crippen LogP contribution in [-0.2, 0) is 6.42 Å². The van der Waals surface area contributed by atoms with Crippen LogP contribution in [0.3, 0.4) is 0 Å².